The molecule has 0 amide bonds. The lowest BCUT2D eigenvalue weighted by atomic mass is 10.1. The Morgan fingerprint density at radius 1 is 1.19 bits per heavy atom. The lowest BCUT2D eigenvalue weighted by molar-refractivity contribution is -0.133. The number of nitrogens with zero attached hydrogens (tertiary/aromatic N) is 2. The lowest BCUT2D eigenvalue weighted by Gasteiger charge is -2.05. The van der Waals surface area contributed by atoms with Crippen LogP contribution in [0.4, 0.5) is 0 Å². The predicted molar refractivity (Wildman–Crippen MR) is 81.6 cm³/mol. The van der Waals surface area contributed by atoms with Gasteiger partial charge in [0.05, 0.1) is 18.1 Å². The van der Waals surface area contributed by atoms with E-state index in [2.05, 4.69) is 17.1 Å². The van der Waals surface area contributed by atoms with Crippen molar-refractivity contribution in [2.24, 2.45) is 0 Å². The van der Waals surface area contributed by atoms with Crippen LogP contribution < -0.4 is 4.74 Å². The number of hydrogen-bond acceptors (Lipinski definition) is 5. The zero-order chi connectivity index (χ0) is 15.1. The number of ether oxygens (including phenoxy) is 1. The van der Waals surface area contributed by atoms with Crippen LogP contribution in [0.5, 0.6) is 5.75 Å². The van der Waals surface area contributed by atoms with E-state index in [9.17, 15) is 4.79 Å². The van der Waals surface area contributed by atoms with Crippen molar-refractivity contribution < 1.29 is 14.6 Å². The molecule has 6 heteroatoms. The van der Waals surface area contributed by atoms with Crippen LogP contribution in [0.2, 0.25) is 0 Å². The minimum atomic E-state index is -0.867. The normalized spacial score (nSPS) is 10.3. The number of carboxylic acid groups (broad SMARTS) is 1. The largest absolute Gasteiger partial charge is 0.494 e. The van der Waals surface area contributed by atoms with Crippen molar-refractivity contribution in [3.05, 3.63) is 36.4 Å². The summed E-state index contributed by atoms with van der Waals surface area (Å²) in [6.45, 7) is 2.77. The number of aliphatic carboxylic acids is 1. The third-order valence-corrected chi connectivity index (χ3v) is 3.51. The molecule has 110 valence electrons. The molecule has 0 spiro atoms. The van der Waals surface area contributed by atoms with Crippen LogP contribution in [0, 0.1) is 0 Å². The van der Waals surface area contributed by atoms with Gasteiger partial charge in [0.2, 0.25) is 0 Å². The van der Waals surface area contributed by atoms with Gasteiger partial charge in [-0.1, -0.05) is 18.7 Å². The molecule has 21 heavy (non-hydrogen) atoms. The van der Waals surface area contributed by atoms with Gasteiger partial charge >= 0.3 is 5.97 Å². The van der Waals surface area contributed by atoms with Gasteiger partial charge in [-0.25, -0.2) is 0 Å². The van der Waals surface area contributed by atoms with Crippen LogP contribution in [-0.2, 0) is 4.79 Å². The summed E-state index contributed by atoms with van der Waals surface area (Å²) >= 11 is 1.15. The molecule has 1 N–H and O–H groups in total. The number of rotatable bonds is 7. The van der Waals surface area contributed by atoms with Crippen LogP contribution >= 0.6 is 11.8 Å². The maximum Gasteiger partial charge on any atom is 0.313 e. The number of aromatic nitrogens is 2. The number of carboxylic acids is 1. The minimum absolute atomic E-state index is 0.0164. The van der Waals surface area contributed by atoms with E-state index >= 15 is 0 Å². The first-order valence-electron chi connectivity index (χ1n) is 6.60. The van der Waals surface area contributed by atoms with E-state index < -0.39 is 5.97 Å². The standard InChI is InChI=1S/C15H16N2O3S/c1-2-9-20-12-5-3-11(4-6-12)13-7-8-14(17-16-13)21-10-15(18)19/h3-8H,2,9-10H2,1H3,(H,18,19). The van der Waals surface area contributed by atoms with Crippen molar-refractivity contribution in [3.63, 3.8) is 0 Å². The van der Waals surface area contributed by atoms with Gasteiger partial charge in [-0.15, -0.1) is 10.2 Å². The highest BCUT2D eigenvalue weighted by molar-refractivity contribution is 7.99. The Bertz CT molecular complexity index is 585. The van der Waals surface area contributed by atoms with Gasteiger partial charge in [0, 0.05) is 5.56 Å². The van der Waals surface area contributed by atoms with Crippen molar-refractivity contribution in [2.45, 2.75) is 18.4 Å². The Labute approximate surface area is 127 Å². The molecule has 0 unspecified atom stereocenters. The van der Waals surface area contributed by atoms with Gasteiger partial charge in [-0.05, 0) is 42.8 Å². The fourth-order valence-electron chi connectivity index (χ4n) is 1.63. The third-order valence-electron chi connectivity index (χ3n) is 2.61. The Hall–Kier alpha value is -2.08. The lowest BCUT2D eigenvalue weighted by Crippen LogP contribution is -1.99. The van der Waals surface area contributed by atoms with Crippen molar-refractivity contribution in [1.29, 1.82) is 0 Å². The van der Waals surface area contributed by atoms with E-state index in [1.165, 1.54) is 0 Å². The molecular formula is C15H16N2O3S. The summed E-state index contributed by atoms with van der Waals surface area (Å²) in [5, 5.41) is 17.3. The van der Waals surface area contributed by atoms with Crippen molar-refractivity contribution in [1.82, 2.24) is 10.2 Å². The molecule has 0 fully saturated rings. The van der Waals surface area contributed by atoms with E-state index in [-0.39, 0.29) is 5.75 Å². The zero-order valence-electron chi connectivity index (χ0n) is 11.7. The molecule has 0 aliphatic rings. The predicted octanol–water partition coefficient (Wildman–Crippen LogP) is 3.11. The van der Waals surface area contributed by atoms with E-state index in [4.69, 9.17) is 9.84 Å². The summed E-state index contributed by atoms with van der Waals surface area (Å²) in [5.74, 6) is -0.0481. The van der Waals surface area contributed by atoms with E-state index in [0.29, 0.717) is 11.6 Å². The molecule has 1 aromatic carbocycles. The summed E-state index contributed by atoms with van der Waals surface area (Å²) in [5.41, 5.74) is 1.69. The van der Waals surface area contributed by atoms with E-state index in [0.717, 1.165) is 35.2 Å². The second-order valence-electron chi connectivity index (χ2n) is 4.31. The fraction of sp³-hybridized carbons (Fsp3) is 0.267. The first-order chi connectivity index (χ1) is 10.2. The van der Waals surface area contributed by atoms with Crippen LogP contribution in [0.1, 0.15) is 13.3 Å². The maximum atomic E-state index is 10.5. The Kier molecular flexibility index (Phi) is 5.57. The summed E-state index contributed by atoms with van der Waals surface area (Å²) in [6, 6.07) is 11.3. The monoisotopic (exact) mass is 304 g/mol. The molecule has 0 saturated carbocycles. The highest BCUT2D eigenvalue weighted by Gasteiger charge is 2.04. The van der Waals surface area contributed by atoms with Gasteiger partial charge in [-0.2, -0.15) is 0 Å². The first-order valence-corrected chi connectivity index (χ1v) is 7.59. The zero-order valence-corrected chi connectivity index (χ0v) is 12.5. The molecule has 2 aromatic rings. The topological polar surface area (TPSA) is 72.3 Å². The molecule has 0 aliphatic carbocycles. The van der Waals surface area contributed by atoms with E-state index in [1.807, 2.05) is 30.3 Å². The summed E-state index contributed by atoms with van der Waals surface area (Å²) in [4.78, 5) is 10.5. The third kappa shape index (κ3) is 4.75. The van der Waals surface area contributed by atoms with Gasteiger partial charge in [0.25, 0.3) is 0 Å². The number of benzene rings is 1. The number of carbonyl (C=O) groups is 1. The molecule has 0 saturated heterocycles. The average molecular weight is 304 g/mol. The SMILES string of the molecule is CCCOc1ccc(-c2ccc(SCC(=O)O)nn2)cc1. The second-order valence-corrected chi connectivity index (χ2v) is 5.31. The first kappa shape index (κ1) is 15.3. The Morgan fingerprint density at radius 3 is 2.52 bits per heavy atom. The molecule has 1 aromatic heterocycles. The average Bonchev–Trinajstić information content (AvgIpc) is 2.52. The van der Waals surface area contributed by atoms with Crippen molar-refractivity contribution in [2.75, 3.05) is 12.4 Å². The summed E-state index contributed by atoms with van der Waals surface area (Å²) in [7, 11) is 0. The van der Waals surface area contributed by atoms with Gasteiger partial charge in [0.15, 0.2) is 0 Å². The molecule has 0 bridgehead atoms. The van der Waals surface area contributed by atoms with Crippen LogP contribution in [-0.4, -0.2) is 33.6 Å². The molecule has 0 radical (unpaired) electrons. The second kappa shape index (κ2) is 7.64. The van der Waals surface area contributed by atoms with Gasteiger partial charge in [-0.3, -0.25) is 4.79 Å². The molecule has 0 atom stereocenters. The summed E-state index contributed by atoms with van der Waals surface area (Å²) in [6.07, 6.45) is 0.975. The number of hydrogen-bond donors (Lipinski definition) is 1. The van der Waals surface area contributed by atoms with Crippen LogP contribution in [0.3, 0.4) is 0 Å². The smallest absolute Gasteiger partial charge is 0.313 e. The molecule has 0 aliphatic heterocycles. The molecule has 5 nitrogen and oxygen atoms in total. The van der Waals surface area contributed by atoms with Crippen molar-refractivity contribution in [3.8, 4) is 17.0 Å². The van der Waals surface area contributed by atoms with E-state index in [1.54, 1.807) is 6.07 Å². The van der Waals surface area contributed by atoms with Crippen LogP contribution in [0.25, 0.3) is 11.3 Å². The molecule has 2 rings (SSSR count). The van der Waals surface area contributed by atoms with Gasteiger partial charge < -0.3 is 9.84 Å². The highest BCUT2D eigenvalue weighted by atomic mass is 32.2. The number of thioether (sulfide) groups is 1. The fourth-order valence-corrected chi connectivity index (χ4v) is 2.16. The summed E-state index contributed by atoms with van der Waals surface area (Å²) < 4.78 is 5.52. The van der Waals surface area contributed by atoms with Crippen molar-refractivity contribution >= 4 is 17.7 Å². The Balaban J connectivity index is 2.02. The minimum Gasteiger partial charge on any atom is -0.494 e. The van der Waals surface area contributed by atoms with Gasteiger partial charge in [0.1, 0.15) is 10.8 Å². The Morgan fingerprint density at radius 2 is 1.95 bits per heavy atom. The molecule has 1 heterocycles. The molecular weight excluding hydrogens is 288 g/mol. The quantitative estimate of drug-likeness (QED) is 0.792. The maximum absolute atomic E-state index is 10.5. The highest BCUT2D eigenvalue weighted by Crippen LogP contribution is 2.22. The van der Waals surface area contributed by atoms with Crippen LogP contribution in [0.15, 0.2) is 41.4 Å².